The third-order valence-corrected chi connectivity index (χ3v) is 2.46. The van der Waals surface area contributed by atoms with Gasteiger partial charge in [0.05, 0.1) is 15.6 Å². The summed E-state index contributed by atoms with van der Waals surface area (Å²) in [5, 5.41) is -0.911. The second-order valence-electron chi connectivity index (χ2n) is 3.12. The van der Waals surface area contributed by atoms with Crippen molar-refractivity contribution in [1.82, 2.24) is 0 Å². The SMILES string of the molecule is C=C(c1cc(Cl)c(OC(F)F)c(Cl)c1)C(F)(F)F. The third-order valence-electron chi connectivity index (χ3n) is 1.90. The first kappa shape index (κ1) is 15.0. The van der Waals surface area contributed by atoms with Gasteiger partial charge in [-0.25, -0.2) is 0 Å². The normalized spacial score (nSPS) is 11.8. The number of halogens is 7. The average Bonchev–Trinajstić information content (AvgIpc) is 2.20. The van der Waals surface area contributed by atoms with E-state index in [9.17, 15) is 22.0 Å². The maximum absolute atomic E-state index is 12.4. The van der Waals surface area contributed by atoms with Crippen molar-refractivity contribution in [3.8, 4) is 5.75 Å². The summed E-state index contributed by atoms with van der Waals surface area (Å²) < 4.78 is 65.1. The van der Waals surface area contributed by atoms with Gasteiger partial charge >= 0.3 is 12.8 Å². The van der Waals surface area contributed by atoms with Gasteiger partial charge in [-0.3, -0.25) is 0 Å². The van der Waals surface area contributed by atoms with Gasteiger partial charge < -0.3 is 4.74 Å². The lowest BCUT2D eigenvalue weighted by Crippen LogP contribution is -2.10. The molecule has 0 amide bonds. The molecule has 0 radical (unpaired) electrons. The van der Waals surface area contributed by atoms with Gasteiger partial charge in [-0.05, 0) is 17.7 Å². The first-order valence-electron chi connectivity index (χ1n) is 4.33. The van der Waals surface area contributed by atoms with Crippen LogP contribution in [0.1, 0.15) is 5.56 Å². The largest absolute Gasteiger partial charge is 0.432 e. The van der Waals surface area contributed by atoms with Crippen LogP contribution in [0, 0.1) is 0 Å². The average molecular weight is 307 g/mol. The fourth-order valence-corrected chi connectivity index (χ4v) is 1.68. The van der Waals surface area contributed by atoms with Crippen LogP contribution in [0.25, 0.3) is 5.57 Å². The molecule has 0 saturated carbocycles. The molecule has 1 rings (SSSR count). The predicted octanol–water partition coefficient (Wildman–Crippen LogP) is 5.17. The van der Waals surface area contributed by atoms with Crippen molar-refractivity contribution in [3.05, 3.63) is 34.3 Å². The standard InChI is InChI=1S/C10H5Cl2F5O/c1-4(10(15,16)17)5-2-6(11)8(7(12)3-5)18-9(13)14/h2-3,9H,1H2. The van der Waals surface area contributed by atoms with Crippen LogP contribution < -0.4 is 4.74 Å². The molecule has 0 aliphatic carbocycles. The van der Waals surface area contributed by atoms with Crippen LogP contribution in [-0.2, 0) is 0 Å². The topological polar surface area (TPSA) is 9.23 Å². The summed E-state index contributed by atoms with van der Waals surface area (Å²) in [6.45, 7) is -0.346. The monoisotopic (exact) mass is 306 g/mol. The molecule has 0 fully saturated rings. The zero-order valence-electron chi connectivity index (χ0n) is 8.49. The number of hydrogen-bond acceptors (Lipinski definition) is 1. The van der Waals surface area contributed by atoms with Gasteiger partial charge in [-0.1, -0.05) is 29.8 Å². The smallest absolute Gasteiger partial charge is 0.416 e. The van der Waals surface area contributed by atoms with Gasteiger partial charge in [-0.2, -0.15) is 22.0 Å². The lowest BCUT2D eigenvalue weighted by atomic mass is 10.1. The minimum atomic E-state index is -4.67. The van der Waals surface area contributed by atoms with E-state index < -0.39 is 39.7 Å². The first-order chi connectivity index (χ1) is 8.12. The summed E-state index contributed by atoms with van der Waals surface area (Å²) in [4.78, 5) is 0. The summed E-state index contributed by atoms with van der Waals surface area (Å²) in [5.74, 6) is -0.577. The highest BCUT2D eigenvalue weighted by Crippen LogP contribution is 2.40. The molecule has 0 aromatic heterocycles. The van der Waals surface area contributed by atoms with E-state index >= 15 is 0 Å². The Bertz CT molecular complexity index is 447. The molecule has 0 unspecified atom stereocenters. The molecular weight excluding hydrogens is 302 g/mol. The van der Waals surface area contributed by atoms with Gasteiger partial charge in [0.15, 0.2) is 5.75 Å². The Morgan fingerprint density at radius 1 is 1.17 bits per heavy atom. The Balaban J connectivity index is 3.19. The van der Waals surface area contributed by atoms with Gasteiger partial charge in [0.2, 0.25) is 0 Å². The molecule has 0 aliphatic rings. The maximum Gasteiger partial charge on any atom is 0.416 e. The van der Waals surface area contributed by atoms with Crippen LogP contribution in [0.4, 0.5) is 22.0 Å². The number of hydrogen-bond donors (Lipinski definition) is 0. The molecule has 0 heterocycles. The molecule has 0 bridgehead atoms. The van der Waals surface area contributed by atoms with E-state index in [1.54, 1.807) is 0 Å². The summed E-state index contributed by atoms with van der Waals surface area (Å²) in [6, 6.07) is 1.61. The molecule has 8 heteroatoms. The molecule has 0 aliphatic heterocycles. The Morgan fingerprint density at radius 2 is 1.61 bits per heavy atom. The van der Waals surface area contributed by atoms with Gasteiger partial charge in [-0.15, -0.1) is 0 Å². The van der Waals surface area contributed by atoms with Crippen molar-refractivity contribution in [2.45, 2.75) is 12.8 Å². The Labute approximate surface area is 109 Å². The Kier molecular flexibility index (Phi) is 4.45. The minimum Gasteiger partial charge on any atom is -0.432 e. The fourth-order valence-electron chi connectivity index (χ4n) is 1.10. The second-order valence-corrected chi connectivity index (χ2v) is 3.94. The van der Waals surface area contributed by atoms with Gasteiger partial charge in [0.1, 0.15) is 0 Å². The predicted molar refractivity (Wildman–Crippen MR) is 58.2 cm³/mol. The zero-order chi connectivity index (χ0) is 14.1. The molecule has 100 valence electrons. The summed E-state index contributed by atoms with van der Waals surface area (Å²) in [6.07, 6.45) is -4.67. The second kappa shape index (κ2) is 5.32. The molecule has 1 aromatic carbocycles. The van der Waals surface area contributed by atoms with Crippen molar-refractivity contribution in [2.75, 3.05) is 0 Å². The Morgan fingerprint density at radius 3 is 1.94 bits per heavy atom. The van der Waals surface area contributed by atoms with Crippen LogP contribution in [0.15, 0.2) is 18.7 Å². The summed E-state index contributed by atoms with van der Waals surface area (Å²) in [7, 11) is 0. The van der Waals surface area contributed by atoms with Crippen molar-refractivity contribution >= 4 is 28.8 Å². The van der Waals surface area contributed by atoms with Gasteiger partial charge in [0.25, 0.3) is 0 Å². The molecule has 0 N–H and O–H groups in total. The van der Waals surface area contributed by atoms with Crippen molar-refractivity contribution in [3.63, 3.8) is 0 Å². The molecular formula is C10H5Cl2F5O. The van der Waals surface area contributed by atoms with E-state index in [0.717, 1.165) is 12.1 Å². The van der Waals surface area contributed by atoms with E-state index in [4.69, 9.17) is 23.2 Å². The Hall–Kier alpha value is -1.01. The van der Waals surface area contributed by atoms with E-state index in [-0.39, 0.29) is 0 Å². The number of allylic oxidation sites excluding steroid dienone is 1. The molecule has 0 saturated heterocycles. The minimum absolute atomic E-state index is 0.417. The summed E-state index contributed by atoms with van der Waals surface area (Å²) in [5.41, 5.74) is -1.60. The highest BCUT2D eigenvalue weighted by Gasteiger charge is 2.33. The highest BCUT2D eigenvalue weighted by atomic mass is 35.5. The van der Waals surface area contributed by atoms with E-state index in [1.807, 2.05) is 0 Å². The molecule has 1 nitrogen and oxygen atoms in total. The van der Waals surface area contributed by atoms with Crippen LogP contribution >= 0.6 is 23.2 Å². The number of alkyl halides is 5. The van der Waals surface area contributed by atoms with Crippen LogP contribution in [0.5, 0.6) is 5.75 Å². The first-order valence-corrected chi connectivity index (χ1v) is 5.09. The third kappa shape index (κ3) is 3.49. The quantitative estimate of drug-likeness (QED) is 0.700. The fraction of sp³-hybridized carbons (Fsp3) is 0.200. The van der Waals surface area contributed by atoms with Gasteiger partial charge in [0, 0.05) is 0 Å². The van der Waals surface area contributed by atoms with Crippen molar-refractivity contribution < 1.29 is 26.7 Å². The zero-order valence-corrected chi connectivity index (χ0v) is 10.0. The van der Waals surface area contributed by atoms with Crippen molar-refractivity contribution in [2.24, 2.45) is 0 Å². The van der Waals surface area contributed by atoms with Crippen LogP contribution in [-0.4, -0.2) is 12.8 Å². The van der Waals surface area contributed by atoms with E-state index in [2.05, 4.69) is 11.3 Å². The molecule has 18 heavy (non-hydrogen) atoms. The van der Waals surface area contributed by atoms with Crippen LogP contribution in [0.3, 0.4) is 0 Å². The highest BCUT2D eigenvalue weighted by molar-refractivity contribution is 6.37. The number of ether oxygens (including phenoxy) is 1. The lowest BCUT2D eigenvalue weighted by Gasteiger charge is -2.14. The molecule has 0 spiro atoms. The molecule has 0 atom stereocenters. The van der Waals surface area contributed by atoms with E-state index in [1.165, 1.54) is 0 Å². The lowest BCUT2D eigenvalue weighted by molar-refractivity contribution is -0.0687. The summed E-state index contributed by atoms with van der Waals surface area (Å²) >= 11 is 11.0. The van der Waals surface area contributed by atoms with Crippen molar-refractivity contribution in [1.29, 1.82) is 0 Å². The number of benzene rings is 1. The maximum atomic E-state index is 12.4. The van der Waals surface area contributed by atoms with Crippen LogP contribution in [0.2, 0.25) is 10.0 Å². The number of rotatable bonds is 3. The molecule has 1 aromatic rings. The van der Waals surface area contributed by atoms with E-state index in [0.29, 0.717) is 0 Å².